The number of rotatable bonds is 6. The molecule has 2 aromatic rings. The van der Waals surface area contributed by atoms with E-state index in [1.54, 1.807) is 17.0 Å². The number of amides is 1. The quantitative estimate of drug-likeness (QED) is 0.817. The van der Waals surface area contributed by atoms with Crippen LogP contribution in [0.2, 0.25) is 0 Å². The zero-order valence-electron chi connectivity index (χ0n) is 13.6. The molecule has 130 valence electrons. The van der Waals surface area contributed by atoms with Gasteiger partial charge in [0.2, 0.25) is 0 Å². The molecule has 0 radical (unpaired) electrons. The highest BCUT2D eigenvalue weighted by Gasteiger charge is 2.29. The van der Waals surface area contributed by atoms with Crippen LogP contribution in [-0.4, -0.2) is 43.2 Å². The summed E-state index contributed by atoms with van der Waals surface area (Å²) in [6, 6.07) is 14.0. The summed E-state index contributed by atoms with van der Waals surface area (Å²) in [5, 5.41) is 9.68. The average molecular weight is 341 g/mol. The standard InChI is InChI=1S/C19H19NO5/c21-11-16-17(22)7-4-8-18(16)25-10-9-15-12-24-13-19(23)20(15)14-5-2-1-3-6-14/h1-8,11,15,22H,9-10,12-13H2/t15-/m1/s1. The summed E-state index contributed by atoms with van der Waals surface area (Å²) in [4.78, 5) is 25.1. The number of carbonyl (C=O) groups excluding carboxylic acids is 2. The number of benzene rings is 2. The average Bonchev–Trinajstić information content (AvgIpc) is 2.63. The van der Waals surface area contributed by atoms with Gasteiger partial charge >= 0.3 is 0 Å². The zero-order chi connectivity index (χ0) is 17.6. The van der Waals surface area contributed by atoms with Crippen molar-refractivity contribution in [3.63, 3.8) is 0 Å². The van der Waals surface area contributed by atoms with Crippen molar-refractivity contribution in [2.45, 2.75) is 12.5 Å². The second-order valence-electron chi connectivity index (χ2n) is 5.71. The lowest BCUT2D eigenvalue weighted by Gasteiger charge is -2.35. The Morgan fingerprint density at radius 1 is 1.20 bits per heavy atom. The first-order valence-corrected chi connectivity index (χ1v) is 8.05. The van der Waals surface area contributed by atoms with Crippen LogP contribution in [0.15, 0.2) is 48.5 Å². The van der Waals surface area contributed by atoms with Gasteiger partial charge in [-0.25, -0.2) is 0 Å². The Bertz CT molecular complexity index is 747. The molecule has 0 unspecified atom stereocenters. The molecule has 0 aromatic heterocycles. The third-order valence-electron chi connectivity index (χ3n) is 4.07. The van der Waals surface area contributed by atoms with Crippen LogP contribution < -0.4 is 9.64 Å². The van der Waals surface area contributed by atoms with Crippen molar-refractivity contribution >= 4 is 17.9 Å². The maximum Gasteiger partial charge on any atom is 0.253 e. The first-order chi connectivity index (χ1) is 12.2. The van der Waals surface area contributed by atoms with Crippen molar-refractivity contribution in [2.24, 2.45) is 0 Å². The number of hydrogen-bond acceptors (Lipinski definition) is 5. The third kappa shape index (κ3) is 3.80. The first-order valence-electron chi connectivity index (χ1n) is 8.05. The fourth-order valence-corrected chi connectivity index (χ4v) is 2.87. The molecule has 1 N–H and O–H groups in total. The highest BCUT2D eigenvalue weighted by atomic mass is 16.5. The third-order valence-corrected chi connectivity index (χ3v) is 4.07. The maximum absolute atomic E-state index is 12.3. The fourth-order valence-electron chi connectivity index (χ4n) is 2.87. The molecular formula is C19H19NO5. The van der Waals surface area contributed by atoms with E-state index in [1.807, 2.05) is 30.3 Å². The molecule has 0 bridgehead atoms. The summed E-state index contributed by atoms with van der Waals surface area (Å²) in [6.07, 6.45) is 1.10. The van der Waals surface area contributed by atoms with Gasteiger partial charge < -0.3 is 19.5 Å². The Kier molecular flexibility index (Phi) is 5.30. The van der Waals surface area contributed by atoms with E-state index in [2.05, 4.69) is 0 Å². The number of phenolic OH excluding ortho intramolecular Hbond substituents is 1. The molecule has 0 saturated carbocycles. The predicted molar refractivity (Wildman–Crippen MR) is 92.1 cm³/mol. The number of para-hydroxylation sites is 1. The van der Waals surface area contributed by atoms with Crippen molar-refractivity contribution in [3.05, 3.63) is 54.1 Å². The van der Waals surface area contributed by atoms with Gasteiger partial charge in [-0.2, -0.15) is 0 Å². The van der Waals surface area contributed by atoms with Gasteiger partial charge in [-0.15, -0.1) is 0 Å². The van der Waals surface area contributed by atoms with Gasteiger partial charge in [-0.3, -0.25) is 9.59 Å². The van der Waals surface area contributed by atoms with E-state index in [0.717, 1.165) is 5.69 Å². The Labute approximate surface area is 145 Å². The minimum Gasteiger partial charge on any atom is -0.507 e. The summed E-state index contributed by atoms with van der Waals surface area (Å²) >= 11 is 0. The van der Waals surface area contributed by atoms with Gasteiger partial charge in [0.1, 0.15) is 18.1 Å². The molecule has 3 rings (SSSR count). The Morgan fingerprint density at radius 3 is 2.76 bits per heavy atom. The van der Waals surface area contributed by atoms with Crippen molar-refractivity contribution in [1.82, 2.24) is 0 Å². The number of anilines is 1. The maximum atomic E-state index is 12.3. The number of morpholine rings is 1. The van der Waals surface area contributed by atoms with Crippen LogP contribution in [0.3, 0.4) is 0 Å². The van der Waals surface area contributed by atoms with E-state index in [-0.39, 0.29) is 36.5 Å². The number of aldehydes is 1. The number of nitrogens with zero attached hydrogens (tertiary/aromatic N) is 1. The molecule has 2 aromatic carbocycles. The summed E-state index contributed by atoms with van der Waals surface area (Å²) in [7, 11) is 0. The number of phenols is 1. The minimum atomic E-state index is -0.152. The van der Waals surface area contributed by atoms with Crippen LogP contribution in [0.5, 0.6) is 11.5 Å². The molecule has 0 aliphatic carbocycles. The largest absolute Gasteiger partial charge is 0.507 e. The van der Waals surface area contributed by atoms with Crippen LogP contribution in [-0.2, 0) is 9.53 Å². The molecule has 1 amide bonds. The van der Waals surface area contributed by atoms with E-state index in [1.165, 1.54) is 6.07 Å². The van der Waals surface area contributed by atoms with Crippen molar-refractivity contribution < 1.29 is 24.2 Å². The van der Waals surface area contributed by atoms with Crippen LogP contribution in [0.1, 0.15) is 16.8 Å². The highest BCUT2D eigenvalue weighted by molar-refractivity contribution is 5.95. The summed E-state index contributed by atoms with van der Waals surface area (Å²) in [5.74, 6) is 0.118. The molecule has 1 aliphatic heterocycles. The SMILES string of the molecule is O=Cc1c(O)cccc1OCC[C@@H]1COCC(=O)N1c1ccccc1. The highest BCUT2D eigenvalue weighted by Crippen LogP contribution is 2.26. The smallest absolute Gasteiger partial charge is 0.253 e. The first kappa shape index (κ1) is 17.0. The molecule has 1 aliphatic rings. The molecule has 6 heteroatoms. The monoisotopic (exact) mass is 341 g/mol. The van der Waals surface area contributed by atoms with Crippen molar-refractivity contribution in [1.29, 1.82) is 0 Å². The van der Waals surface area contributed by atoms with E-state index >= 15 is 0 Å². The minimum absolute atomic E-state index is 0.0636. The Hall–Kier alpha value is -2.86. The van der Waals surface area contributed by atoms with Gasteiger partial charge in [-0.05, 0) is 24.3 Å². The van der Waals surface area contributed by atoms with E-state index in [0.29, 0.717) is 25.1 Å². The Balaban J connectivity index is 1.68. The summed E-state index contributed by atoms with van der Waals surface area (Å²) in [6.45, 7) is 0.771. The van der Waals surface area contributed by atoms with E-state index in [9.17, 15) is 14.7 Å². The molecule has 1 atom stereocenters. The Morgan fingerprint density at radius 2 is 2.00 bits per heavy atom. The van der Waals surface area contributed by atoms with Crippen LogP contribution in [0, 0.1) is 0 Å². The second kappa shape index (κ2) is 7.81. The molecule has 1 saturated heterocycles. The molecule has 0 spiro atoms. The van der Waals surface area contributed by atoms with Crippen LogP contribution in [0.25, 0.3) is 0 Å². The van der Waals surface area contributed by atoms with Crippen LogP contribution >= 0.6 is 0 Å². The topological polar surface area (TPSA) is 76.1 Å². The van der Waals surface area contributed by atoms with Gasteiger partial charge in [-0.1, -0.05) is 24.3 Å². The zero-order valence-corrected chi connectivity index (χ0v) is 13.6. The lowest BCUT2D eigenvalue weighted by Crippen LogP contribution is -2.50. The van der Waals surface area contributed by atoms with Gasteiger partial charge in [0.05, 0.1) is 24.8 Å². The van der Waals surface area contributed by atoms with E-state index < -0.39 is 0 Å². The summed E-state index contributed by atoms with van der Waals surface area (Å²) in [5.41, 5.74) is 0.949. The number of ether oxygens (including phenoxy) is 2. The lowest BCUT2D eigenvalue weighted by atomic mass is 10.1. The summed E-state index contributed by atoms with van der Waals surface area (Å²) < 4.78 is 11.0. The van der Waals surface area contributed by atoms with Gasteiger partial charge in [0.15, 0.2) is 6.29 Å². The lowest BCUT2D eigenvalue weighted by molar-refractivity contribution is -0.127. The van der Waals surface area contributed by atoms with Crippen molar-refractivity contribution in [3.8, 4) is 11.5 Å². The van der Waals surface area contributed by atoms with Crippen molar-refractivity contribution in [2.75, 3.05) is 24.7 Å². The van der Waals surface area contributed by atoms with E-state index in [4.69, 9.17) is 9.47 Å². The number of aromatic hydroxyl groups is 1. The molecule has 1 heterocycles. The normalized spacial score (nSPS) is 17.4. The predicted octanol–water partition coefficient (Wildman–Crippen LogP) is 2.41. The molecule has 25 heavy (non-hydrogen) atoms. The number of carbonyl (C=O) groups is 2. The van der Waals surface area contributed by atoms with Gasteiger partial charge in [0.25, 0.3) is 5.91 Å². The van der Waals surface area contributed by atoms with Gasteiger partial charge in [0, 0.05) is 12.1 Å². The molecule has 1 fully saturated rings. The molecular weight excluding hydrogens is 322 g/mol. The second-order valence-corrected chi connectivity index (χ2v) is 5.71. The molecule has 6 nitrogen and oxygen atoms in total. The number of hydrogen-bond donors (Lipinski definition) is 1. The van der Waals surface area contributed by atoms with Crippen LogP contribution in [0.4, 0.5) is 5.69 Å². The fraction of sp³-hybridized carbons (Fsp3) is 0.263.